The molecule has 0 radical (unpaired) electrons. The van der Waals surface area contributed by atoms with Crippen molar-refractivity contribution < 1.29 is 14.3 Å². The highest BCUT2D eigenvalue weighted by Gasteiger charge is 2.24. The van der Waals surface area contributed by atoms with E-state index >= 15 is 0 Å². The van der Waals surface area contributed by atoms with Gasteiger partial charge in [0.2, 0.25) is 0 Å². The number of hydrogen-bond donors (Lipinski definition) is 3. The van der Waals surface area contributed by atoms with Gasteiger partial charge in [-0.05, 0) is 43.4 Å². The highest BCUT2D eigenvalue weighted by molar-refractivity contribution is 5.94. The molecule has 1 aliphatic rings. The number of rotatable bonds is 4. The molecule has 0 heterocycles. The Balaban J connectivity index is 1.94. The minimum absolute atomic E-state index is 0.0390. The minimum Gasteiger partial charge on any atom is -0.508 e. The second-order valence-electron chi connectivity index (χ2n) is 5.41. The van der Waals surface area contributed by atoms with E-state index in [1.807, 2.05) is 0 Å². The van der Waals surface area contributed by atoms with Gasteiger partial charge in [-0.1, -0.05) is 12.8 Å². The Kier molecular flexibility index (Phi) is 4.95. The molecule has 0 saturated heterocycles. The normalized spacial score (nSPS) is 22.5. The molecule has 1 aliphatic carbocycles. The summed E-state index contributed by atoms with van der Waals surface area (Å²) in [6, 6.07) is 3.54. The molecule has 0 bridgehead atoms. The van der Waals surface area contributed by atoms with Crippen LogP contribution in [-0.2, 0) is 0 Å². The number of aromatic hydroxyl groups is 1. The molecule has 1 fully saturated rings. The van der Waals surface area contributed by atoms with Crippen LogP contribution >= 0.6 is 0 Å². The summed E-state index contributed by atoms with van der Waals surface area (Å²) in [5.41, 5.74) is 5.71. The molecule has 0 spiro atoms. The van der Waals surface area contributed by atoms with Crippen LogP contribution in [-0.4, -0.2) is 24.1 Å². The maximum atomic E-state index is 13.6. The molecule has 5 heteroatoms. The second kappa shape index (κ2) is 6.70. The summed E-state index contributed by atoms with van der Waals surface area (Å²) >= 11 is 0. The van der Waals surface area contributed by atoms with Crippen LogP contribution in [0.25, 0.3) is 0 Å². The quantitative estimate of drug-likeness (QED) is 0.790. The molecular formula is C15H21FN2O2. The average Bonchev–Trinajstić information content (AvgIpc) is 2.45. The molecule has 4 nitrogen and oxygen atoms in total. The SMILES string of the molecule is NCC1CCCCC1CNC(=O)c1ccc(O)cc1F. The van der Waals surface area contributed by atoms with E-state index < -0.39 is 11.7 Å². The Bertz CT molecular complexity index is 479. The number of phenolic OH excluding ortho intramolecular Hbond substituents is 1. The van der Waals surface area contributed by atoms with Crippen LogP contribution in [0.1, 0.15) is 36.0 Å². The number of carbonyl (C=O) groups is 1. The minimum atomic E-state index is -0.707. The first kappa shape index (κ1) is 14.8. The fourth-order valence-corrected chi connectivity index (χ4v) is 2.87. The molecule has 2 unspecified atom stereocenters. The Morgan fingerprint density at radius 3 is 2.70 bits per heavy atom. The molecular weight excluding hydrogens is 259 g/mol. The number of halogens is 1. The fourth-order valence-electron chi connectivity index (χ4n) is 2.87. The summed E-state index contributed by atoms with van der Waals surface area (Å²) in [5.74, 6) is -0.522. The van der Waals surface area contributed by atoms with E-state index in [1.54, 1.807) is 0 Å². The maximum absolute atomic E-state index is 13.6. The summed E-state index contributed by atoms with van der Waals surface area (Å²) in [5, 5.41) is 11.9. The van der Waals surface area contributed by atoms with E-state index in [0.29, 0.717) is 24.9 Å². The number of benzene rings is 1. The number of phenols is 1. The lowest BCUT2D eigenvalue weighted by Crippen LogP contribution is -2.37. The van der Waals surface area contributed by atoms with E-state index in [4.69, 9.17) is 10.8 Å². The van der Waals surface area contributed by atoms with Gasteiger partial charge in [0.05, 0.1) is 5.56 Å². The molecule has 110 valence electrons. The zero-order valence-corrected chi connectivity index (χ0v) is 11.4. The first-order valence-electron chi connectivity index (χ1n) is 7.08. The number of amides is 1. The molecule has 1 saturated carbocycles. The third-order valence-electron chi connectivity index (χ3n) is 4.09. The molecule has 1 aromatic rings. The van der Waals surface area contributed by atoms with Crippen molar-refractivity contribution >= 4 is 5.91 Å². The third kappa shape index (κ3) is 3.48. The van der Waals surface area contributed by atoms with Gasteiger partial charge in [-0.3, -0.25) is 4.79 Å². The molecule has 20 heavy (non-hydrogen) atoms. The van der Waals surface area contributed by atoms with Crippen molar-refractivity contribution in [1.82, 2.24) is 5.32 Å². The van der Waals surface area contributed by atoms with Crippen molar-refractivity contribution in [3.8, 4) is 5.75 Å². The lowest BCUT2D eigenvalue weighted by Gasteiger charge is -2.30. The van der Waals surface area contributed by atoms with Crippen molar-refractivity contribution in [3.05, 3.63) is 29.6 Å². The number of hydrogen-bond acceptors (Lipinski definition) is 3. The molecule has 4 N–H and O–H groups in total. The van der Waals surface area contributed by atoms with Crippen LogP contribution in [0.2, 0.25) is 0 Å². The van der Waals surface area contributed by atoms with Gasteiger partial charge in [0.1, 0.15) is 11.6 Å². The summed E-state index contributed by atoms with van der Waals surface area (Å²) in [7, 11) is 0. The van der Waals surface area contributed by atoms with E-state index in [9.17, 15) is 9.18 Å². The van der Waals surface area contributed by atoms with Gasteiger partial charge in [0.15, 0.2) is 0 Å². The molecule has 1 amide bonds. The van der Waals surface area contributed by atoms with E-state index in [-0.39, 0.29) is 11.3 Å². The van der Waals surface area contributed by atoms with Crippen LogP contribution in [0.4, 0.5) is 4.39 Å². The molecule has 1 aromatic carbocycles. The van der Waals surface area contributed by atoms with Gasteiger partial charge in [0.25, 0.3) is 5.91 Å². The number of carbonyl (C=O) groups excluding carboxylic acids is 1. The molecule has 2 atom stereocenters. The lowest BCUT2D eigenvalue weighted by atomic mass is 9.79. The van der Waals surface area contributed by atoms with Crippen molar-refractivity contribution in [2.45, 2.75) is 25.7 Å². The monoisotopic (exact) mass is 280 g/mol. The molecule has 0 aliphatic heterocycles. The maximum Gasteiger partial charge on any atom is 0.254 e. The van der Waals surface area contributed by atoms with E-state index in [0.717, 1.165) is 25.3 Å². The zero-order valence-electron chi connectivity index (χ0n) is 11.4. The van der Waals surface area contributed by atoms with Crippen molar-refractivity contribution in [2.24, 2.45) is 17.6 Å². The summed E-state index contributed by atoms with van der Waals surface area (Å²) in [6.07, 6.45) is 4.51. The van der Waals surface area contributed by atoms with E-state index in [2.05, 4.69) is 5.32 Å². The van der Waals surface area contributed by atoms with Gasteiger partial charge < -0.3 is 16.2 Å². The summed E-state index contributed by atoms with van der Waals surface area (Å²) in [6.45, 7) is 1.16. The Morgan fingerprint density at radius 1 is 1.35 bits per heavy atom. The van der Waals surface area contributed by atoms with Gasteiger partial charge in [0, 0.05) is 12.6 Å². The Labute approximate surface area is 118 Å². The van der Waals surface area contributed by atoms with Crippen molar-refractivity contribution in [1.29, 1.82) is 0 Å². The summed E-state index contributed by atoms with van der Waals surface area (Å²) in [4.78, 5) is 12.0. The Hall–Kier alpha value is -1.62. The fraction of sp³-hybridized carbons (Fsp3) is 0.533. The highest BCUT2D eigenvalue weighted by atomic mass is 19.1. The van der Waals surface area contributed by atoms with Crippen molar-refractivity contribution in [3.63, 3.8) is 0 Å². The van der Waals surface area contributed by atoms with Crippen LogP contribution in [0.5, 0.6) is 5.75 Å². The van der Waals surface area contributed by atoms with Crippen LogP contribution in [0, 0.1) is 17.7 Å². The predicted octanol–water partition coefficient (Wildman–Crippen LogP) is 2.03. The predicted molar refractivity (Wildman–Crippen MR) is 74.9 cm³/mol. The lowest BCUT2D eigenvalue weighted by molar-refractivity contribution is 0.0931. The first-order chi connectivity index (χ1) is 9.61. The van der Waals surface area contributed by atoms with Gasteiger partial charge in [-0.2, -0.15) is 0 Å². The number of nitrogens with two attached hydrogens (primary N) is 1. The molecule has 2 rings (SSSR count). The largest absolute Gasteiger partial charge is 0.508 e. The Morgan fingerprint density at radius 2 is 2.05 bits per heavy atom. The van der Waals surface area contributed by atoms with Gasteiger partial charge >= 0.3 is 0 Å². The topological polar surface area (TPSA) is 75.3 Å². The standard InChI is InChI=1S/C15H21FN2O2/c16-14-7-12(19)5-6-13(14)15(20)18-9-11-4-2-1-3-10(11)8-17/h5-7,10-11,19H,1-4,8-9,17H2,(H,18,20). The number of nitrogens with one attached hydrogen (secondary N) is 1. The van der Waals surface area contributed by atoms with Crippen LogP contribution in [0.15, 0.2) is 18.2 Å². The van der Waals surface area contributed by atoms with Gasteiger partial charge in [-0.15, -0.1) is 0 Å². The zero-order chi connectivity index (χ0) is 14.5. The second-order valence-corrected chi connectivity index (χ2v) is 5.41. The van der Waals surface area contributed by atoms with Crippen molar-refractivity contribution in [2.75, 3.05) is 13.1 Å². The van der Waals surface area contributed by atoms with E-state index in [1.165, 1.54) is 18.6 Å². The molecule has 0 aromatic heterocycles. The third-order valence-corrected chi connectivity index (χ3v) is 4.09. The van der Waals surface area contributed by atoms with Crippen LogP contribution < -0.4 is 11.1 Å². The van der Waals surface area contributed by atoms with Gasteiger partial charge in [-0.25, -0.2) is 4.39 Å². The van der Waals surface area contributed by atoms with Crippen LogP contribution in [0.3, 0.4) is 0 Å². The smallest absolute Gasteiger partial charge is 0.254 e. The summed E-state index contributed by atoms with van der Waals surface area (Å²) < 4.78 is 13.6. The first-order valence-corrected chi connectivity index (χ1v) is 7.08. The highest BCUT2D eigenvalue weighted by Crippen LogP contribution is 2.28. The average molecular weight is 280 g/mol.